The van der Waals surface area contributed by atoms with E-state index in [2.05, 4.69) is 29.0 Å². The molecule has 0 spiro atoms. The molecule has 0 aliphatic carbocycles. The summed E-state index contributed by atoms with van der Waals surface area (Å²) in [4.78, 5) is 14.2. The lowest BCUT2D eigenvalue weighted by atomic mass is 10.0. The molecule has 2 aliphatic rings. The van der Waals surface area contributed by atoms with Crippen LogP contribution in [-0.4, -0.2) is 93.7 Å². The molecule has 0 radical (unpaired) electrons. The standard InChI is InChI=1S/C32H40ClN5O6SSi/c1-45(2,40)35-16-23-11-10-22(15-34-23)20-6-8-21(9-7-20)28-24(33)14-25-31(37-28)38(19-41-12-13-46(3,4)5)32(36-25)44-27-18-43-29-26(39)17-42-30(27)29/h6-11,14-15,26-27,29-30,39H,12-13,16-19H2,1-5H3/t26-,27-,29-,30-/m1/s1. The van der Waals surface area contributed by atoms with Crippen molar-refractivity contribution in [1.29, 1.82) is 0 Å². The highest BCUT2D eigenvalue weighted by Crippen LogP contribution is 2.34. The Balaban J connectivity index is 1.27. The summed E-state index contributed by atoms with van der Waals surface area (Å²) in [5.41, 5.74) is 5.32. The third-order valence-electron chi connectivity index (χ3n) is 7.95. The van der Waals surface area contributed by atoms with E-state index in [1.165, 1.54) is 0 Å². The van der Waals surface area contributed by atoms with E-state index < -0.39 is 36.1 Å². The minimum absolute atomic E-state index is 0.207. The monoisotopic (exact) mass is 685 g/mol. The number of hydrogen-bond acceptors (Lipinski definition) is 10. The minimum atomic E-state index is -2.17. The van der Waals surface area contributed by atoms with Gasteiger partial charge in [0.1, 0.15) is 30.6 Å². The van der Waals surface area contributed by atoms with E-state index in [0.717, 1.165) is 28.4 Å². The quantitative estimate of drug-likeness (QED) is 0.166. The molecule has 14 heteroatoms. The van der Waals surface area contributed by atoms with Gasteiger partial charge in [-0.05, 0) is 23.7 Å². The number of imidazole rings is 1. The zero-order valence-electron chi connectivity index (χ0n) is 26.7. The van der Waals surface area contributed by atoms with E-state index in [9.17, 15) is 9.32 Å². The highest BCUT2D eigenvalue weighted by atomic mass is 35.5. The number of halogens is 1. The Bertz CT molecular complexity index is 1810. The molecule has 0 saturated carbocycles. The fraction of sp³-hybridized carbons (Fsp3) is 0.469. The number of fused-ring (bicyclic) bond motifs is 2. The zero-order chi connectivity index (χ0) is 32.6. The molecule has 6 rings (SSSR count). The van der Waals surface area contributed by atoms with Gasteiger partial charge >= 0.3 is 6.01 Å². The van der Waals surface area contributed by atoms with Gasteiger partial charge in [-0.2, -0.15) is 4.98 Å². The number of aliphatic hydroxyl groups is 1. The molecule has 4 aromatic rings. The van der Waals surface area contributed by atoms with Gasteiger partial charge in [-0.25, -0.2) is 9.35 Å². The molecule has 11 nitrogen and oxygen atoms in total. The number of hydrogen-bond donors (Lipinski definition) is 1. The lowest BCUT2D eigenvalue weighted by Crippen LogP contribution is -2.35. The van der Waals surface area contributed by atoms with Crippen molar-refractivity contribution in [3.05, 3.63) is 59.4 Å². The van der Waals surface area contributed by atoms with Crippen molar-refractivity contribution < 1.29 is 28.3 Å². The molecule has 2 fully saturated rings. The van der Waals surface area contributed by atoms with Gasteiger partial charge < -0.3 is 24.1 Å². The van der Waals surface area contributed by atoms with E-state index in [4.69, 9.17) is 40.5 Å². The third-order valence-corrected chi connectivity index (χ3v) is 10.7. The number of nitrogens with zero attached hydrogens (tertiary/aromatic N) is 5. The first-order valence-corrected chi connectivity index (χ1v) is 21.7. The Hall–Kier alpha value is -2.91. The van der Waals surface area contributed by atoms with Crippen molar-refractivity contribution in [2.45, 2.75) is 63.4 Å². The molecule has 246 valence electrons. The van der Waals surface area contributed by atoms with E-state index >= 15 is 0 Å². The summed E-state index contributed by atoms with van der Waals surface area (Å²) in [6, 6.07) is 15.0. The van der Waals surface area contributed by atoms with Gasteiger partial charge in [0.15, 0.2) is 11.8 Å². The van der Waals surface area contributed by atoms with E-state index in [1.807, 2.05) is 41.0 Å². The third kappa shape index (κ3) is 7.62. The van der Waals surface area contributed by atoms with Crippen LogP contribution in [0.15, 0.2) is 53.0 Å². The smallest absolute Gasteiger partial charge is 0.301 e. The summed E-state index contributed by atoms with van der Waals surface area (Å²) >= 11 is 6.79. The molecule has 4 atom stereocenters. The normalized spacial score (nSPS) is 21.5. The Kier molecular flexibility index (Phi) is 9.54. The Labute approximate surface area is 275 Å². The largest absolute Gasteiger partial charge is 0.456 e. The summed E-state index contributed by atoms with van der Waals surface area (Å²) < 4.78 is 41.9. The van der Waals surface area contributed by atoms with E-state index in [1.54, 1.807) is 24.8 Å². The summed E-state index contributed by atoms with van der Waals surface area (Å²) in [6.07, 6.45) is 3.12. The van der Waals surface area contributed by atoms with Crippen LogP contribution in [0.4, 0.5) is 0 Å². The van der Waals surface area contributed by atoms with Gasteiger partial charge in [0, 0.05) is 54.2 Å². The van der Waals surface area contributed by atoms with Crippen LogP contribution in [-0.2, 0) is 37.2 Å². The average Bonchev–Trinajstić information content (AvgIpc) is 3.68. The predicted molar refractivity (Wildman–Crippen MR) is 181 cm³/mol. The lowest BCUT2D eigenvalue weighted by molar-refractivity contribution is 0.00336. The first-order chi connectivity index (χ1) is 21.8. The molecule has 1 N–H and O–H groups in total. The molecule has 0 unspecified atom stereocenters. The van der Waals surface area contributed by atoms with Crippen LogP contribution < -0.4 is 4.74 Å². The van der Waals surface area contributed by atoms with Crippen LogP contribution in [0.3, 0.4) is 0 Å². The van der Waals surface area contributed by atoms with Crippen LogP contribution in [0.1, 0.15) is 5.69 Å². The predicted octanol–water partition coefficient (Wildman–Crippen LogP) is 5.26. The van der Waals surface area contributed by atoms with E-state index in [-0.39, 0.29) is 26.0 Å². The van der Waals surface area contributed by atoms with Crippen molar-refractivity contribution in [1.82, 2.24) is 19.5 Å². The summed E-state index contributed by atoms with van der Waals surface area (Å²) in [5, 5.41) is 10.6. The Morgan fingerprint density at radius 3 is 2.46 bits per heavy atom. The highest BCUT2D eigenvalue weighted by Gasteiger charge is 2.49. The SMILES string of the molecule is C[Si](C)(C)CCOCn1c(O[C@@H]2CO[C@H]3[C@@H]2OC[C@H]3O)nc2cc(Cl)c(-c3ccc(-c4ccc(CN=S(C)(C)=O)nc4)cc3)nc21. The molecule has 2 aliphatic heterocycles. The van der Waals surface area contributed by atoms with Gasteiger partial charge in [0.25, 0.3) is 0 Å². The molecule has 0 bridgehead atoms. The fourth-order valence-electron chi connectivity index (χ4n) is 5.36. The second kappa shape index (κ2) is 13.3. The minimum Gasteiger partial charge on any atom is -0.456 e. The second-order valence-electron chi connectivity index (χ2n) is 13.2. The molecule has 2 saturated heterocycles. The lowest BCUT2D eigenvalue weighted by Gasteiger charge is -2.19. The maximum atomic E-state index is 11.9. The zero-order valence-corrected chi connectivity index (χ0v) is 29.3. The average molecular weight is 686 g/mol. The van der Waals surface area contributed by atoms with Crippen molar-refractivity contribution >= 4 is 40.6 Å². The highest BCUT2D eigenvalue weighted by molar-refractivity contribution is 7.92. The summed E-state index contributed by atoms with van der Waals surface area (Å²) in [7, 11) is -3.47. The Morgan fingerprint density at radius 1 is 1.04 bits per heavy atom. The Morgan fingerprint density at radius 2 is 1.76 bits per heavy atom. The molecule has 46 heavy (non-hydrogen) atoms. The van der Waals surface area contributed by atoms with Crippen LogP contribution in [0, 0.1) is 0 Å². The molecule has 0 amide bonds. The number of benzene rings is 1. The van der Waals surface area contributed by atoms with Gasteiger partial charge in [-0.3, -0.25) is 13.8 Å². The molecular formula is C32H40ClN5O6SSi. The van der Waals surface area contributed by atoms with Crippen LogP contribution in [0.2, 0.25) is 30.7 Å². The first kappa shape index (κ1) is 33.0. The van der Waals surface area contributed by atoms with Gasteiger partial charge in [0.2, 0.25) is 0 Å². The summed E-state index contributed by atoms with van der Waals surface area (Å²) in [6.45, 7) is 8.57. The molecule has 1 aromatic carbocycles. The number of rotatable bonds is 11. The topological polar surface area (TPSA) is 130 Å². The van der Waals surface area contributed by atoms with Crippen LogP contribution in [0.25, 0.3) is 33.5 Å². The first-order valence-electron chi connectivity index (χ1n) is 15.3. The molecular weight excluding hydrogens is 646 g/mol. The van der Waals surface area contributed by atoms with E-state index in [0.29, 0.717) is 41.0 Å². The van der Waals surface area contributed by atoms with Gasteiger partial charge in [0.05, 0.1) is 36.2 Å². The number of aromatic nitrogens is 4. The maximum Gasteiger partial charge on any atom is 0.301 e. The molecule has 5 heterocycles. The van der Waals surface area contributed by atoms with Crippen LogP contribution in [0.5, 0.6) is 6.01 Å². The fourth-order valence-corrected chi connectivity index (χ4v) is 6.81. The summed E-state index contributed by atoms with van der Waals surface area (Å²) in [5.74, 6) is 0. The number of aliphatic hydroxyl groups excluding tert-OH is 1. The van der Waals surface area contributed by atoms with Gasteiger partial charge in [-0.1, -0.05) is 61.6 Å². The van der Waals surface area contributed by atoms with Crippen LogP contribution >= 0.6 is 11.6 Å². The van der Waals surface area contributed by atoms with Crippen molar-refractivity contribution in [2.75, 3.05) is 32.3 Å². The number of ether oxygens (including phenoxy) is 4. The second-order valence-corrected chi connectivity index (χ2v) is 21.9. The molecule has 3 aromatic heterocycles. The van der Waals surface area contributed by atoms with Gasteiger partial charge in [-0.15, -0.1) is 0 Å². The van der Waals surface area contributed by atoms with Crippen molar-refractivity contribution in [2.24, 2.45) is 4.36 Å². The number of pyridine rings is 2. The van der Waals surface area contributed by atoms with Crippen molar-refractivity contribution in [3.8, 4) is 28.4 Å². The maximum absolute atomic E-state index is 11.9. The van der Waals surface area contributed by atoms with Crippen molar-refractivity contribution in [3.63, 3.8) is 0 Å².